The maximum Gasteiger partial charge on any atom is 0.226 e. The van der Waals surface area contributed by atoms with Gasteiger partial charge in [0.2, 0.25) is 5.91 Å². The highest BCUT2D eigenvalue weighted by molar-refractivity contribution is 7.80. The molecule has 176 valence electrons. The first kappa shape index (κ1) is 22.5. The fraction of sp³-hybridized carbons (Fsp3) is 0.346. The molecule has 2 atom stereocenters. The van der Waals surface area contributed by atoms with E-state index in [0.717, 1.165) is 5.69 Å². The number of carbonyl (C=O) groups excluding carboxylic acids is 1. The summed E-state index contributed by atoms with van der Waals surface area (Å²) in [4.78, 5) is 19.4. The van der Waals surface area contributed by atoms with Crippen LogP contribution in [-0.2, 0) is 4.79 Å². The number of thiocarbonyl (C=S) groups is 1. The topological polar surface area (TPSA) is 62.2 Å². The number of anilines is 1. The number of hydrogen-bond acceptors (Lipinski definition) is 3. The minimum absolute atomic E-state index is 0.0726. The summed E-state index contributed by atoms with van der Waals surface area (Å²) in [5, 5.41) is 6.93. The molecule has 3 heterocycles. The molecule has 5 rings (SSSR count). The Morgan fingerprint density at radius 1 is 1.12 bits per heavy atom. The van der Waals surface area contributed by atoms with Crippen LogP contribution in [0.2, 0.25) is 0 Å². The molecular formula is C26H28FN5OS. The van der Waals surface area contributed by atoms with E-state index in [0.29, 0.717) is 23.4 Å². The molecule has 0 radical (unpaired) electrons. The molecule has 2 aromatic heterocycles. The van der Waals surface area contributed by atoms with Crippen molar-refractivity contribution in [1.29, 1.82) is 0 Å². The minimum Gasteiger partial charge on any atom is -0.352 e. The minimum atomic E-state index is -0.333. The maximum atomic E-state index is 13.2. The lowest BCUT2D eigenvalue weighted by molar-refractivity contribution is -0.116. The maximum absolute atomic E-state index is 13.2. The summed E-state index contributed by atoms with van der Waals surface area (Å²) in [5.41, 5.74) is 2.69. The second kappa shape index (κ2) is 9.93. The fourth-order valence-corrected chi connectivity index (χ4v) is 5.45. The van der Waals surface area contributed by atoms with Crippen molar-refractivity contribution in [2.24, 2.45) is 0 Å². The lowest BCUT2D eigenvalue weighted by Crippen LogP contribution is -2.33. The van der Waals surface area contributed by atoms with Gasteiger partial charge in [0.05, 0.1) is 17.8 Å². The van der Waals surface area contributed by atoms with Gasteiger partial charge in [-0.2, -0.15) is 0 Å². The molecule has 1 saturated carbocycles. The standard InChI is InChI=1S/C26H28FN5OS/c27-18-10-12-19(13-11-18)29-23(33)14-17-32-25(22-9-5-16-31(22)20-6-1-2-7-20)24(30-26(32)34)21-8-3-4-15-28-21/h3-5,8-13,15-16,20,24-25H,1-2,6-7,14,17H2,(H,29,33)(H,30,34)/t24-,25+/m0/s1. The number of nitrogens with one attached hydrogen (secondary N) is 2. The van der Waals surface area contributed by atoms with Gasteiger partial charge >= 0.3 is 0 Å². The van der Waals surface area contributed by atoms with Gasteiger partial charge in [-0.3, -0.25) is 9.78 Å². The third-order valence-electron chi connectivity index (χ3n) is 6.74. The van der Waals surface area contributed by atoms with Crippen molar-refractivity contribution in [3.05, 3.63) is 84.2 Å². The van der Waals surface area contributed by atoms with E-state index in [-0.39, 0.29) is 30.2 Å². The van der Waals surface area contributed by atoms with Crippen LogP contribution in [0.5, 0.6) is 0 Å². The van der Waals surface area contributed by atoms with Crippen molar-refractivity contribution in [2.75, 3.05) is 11.9 Å². The molecule has 1 aliphatic carbocycles. The first-order valence-corrected chi connectivity index (χ1v) is 12.2. The molecule has 3 aromatic rings. The molecule has 6 nitrogen and oxygen atoms in total. The molecule has 1 aliphatic heterocycles. The number of rotatable bonds is 7. The van der Waals surface area contributed by atoms with Gasteiger partial charge in [-0.25, -0.2) is 4.39 Å². The Balaban J connectivity index is 1.38. The molecule has 2 aliphatic rings. The van der Waals surface area contributed by atoms with Gasteiger partial charge in [0.15, 0.2) is 5.11 Å². The van der Waals surface area contributed by atoms with E-state index in [1.165, 1.54) is 43.5 Å². The Morgan fingerprint density at radius 3 is 2.65 bits per heavy atom. The molecule has 0 spiro atoms. The van der Waals surface area contributed by atoms with Crippen LogP contribution < -0.4 is 10.6 Å². The molecule has 0 bridgehead atoms. The fourth-order valence-electron chi connectivity index (χ4n) is 5.12. The number of benzene rings is 1. The van der Waals surface area contributed by atoms with Crippen LogP contribution in [0, 0.1) is 5.82 Å². The van der Waals surface area contributed by atoms with E-state index in [1.807, 2.05) is 18.2 Å². The summed E-state index contributed by atoms with van der Waals surface area (Å²) in [6.07, 6.45) is 9.09. The van der Waals surface area contributed by atoms with Crippen molar-refractivity contribution < 1.29 is 9.18 Å². The van der Waals surface area contributed by atoms with Gasteiger partial charge in [-0.1, -0.05) is 18.9 Å². The third-order valence-corrected chi connectivity index (χ3v) is 7.09. The van der Waals surface area contributed by atoms with Crippen LogP contribution in [0.25, 0.3) is 0 Å². The number of amides is 1. The highest BCUT2D eigenvalue weighted by Crippen LogP contribution is 2.41. The molecular weight excluding hydrogens is 449 g/mol. The van der Waals surface area contributed by atoms with Crippen molar-refractivity contribution >= 4 is 28.9 Å². The summed E-state index contributed by atoms with van der Waals surface area (Å²) < 4.78 is 15.6. The first-order chi connectivity index (χ1) is 16.6. The molecule has 2 N–H and O–H groups in total. The summed E-state index contributed by atoms with van der Waals surface area (Å²) in [7, 11) is 0. The van der Waals surface area contributed by atoms with Crippen molar-refractivity contribution in [3.8, 4) is 0 Å². The summed E-state index contributed by atoms with van der Waals surface area (Å²) >= 11 is 5.75. The number of carbonyl (C=O) groups is 1. The van der Waals surface area contributed by atoms with Crippen LogP contribution in [0.1, 0.15) is 61.6 Å². The highest BCUT2D eigenvalue weighted by Gasteiger charge is 2.41. The monoisotopic (exact) mass is 477 g/mol. The quantitative estimate of drug-likeness (QED) is 0.462. The molecule has 1 saturated heterocycles. The van der Waals surface area contributed by atoms with E-state index in [9.17, 15) is 9.18 Å². The van der Waals surface area contributed by atoms with Crippen LogP contribution in [0.3, 0.4) is 0 Å². The Hall–Kier alpha value is -3.26. The first-order valence-electron chi connectivity index (χ1n) is 11.8. The summed E-state index contributed by atoms with van der Waals surface area (Å²) in [6.45, 7) is 0.461. The molecule has 8 heteroatoms. The average molecular weight is 478 g/mol. The van der Waals surface area contributed by atoms with E-state index in [4.69, 9.17) is 12.2 Å². The predicted octanol–water partition coefficient (Wildman–Crippen LogP) is 5.14. The van der Waals surface area contributed by atoms with Gasteiger partial charge in [0, 0.05) is 42.8 Å². The van der Waals surface area contributed by atoms with Gasteiger partial charge in [-0.05, 0) is 73.6 Å². The Bertz CT molecular complexity index is 1140. The third kappa shape index (κ3) is 4.68. The van der Waals surface area contributed by atoms with Crippen LogP contribution in [0.4, 0.5) is 10.1 Å². The number of aromatic nitrogens is 2. The number of pyridine rings is 1. The van der Waals surface area contributed by atoms with Gasteiger partial charge in [0.25, 0.3) is 0 Å². The van der Waals surface area contributed by atoms with Crippen LogP contribution in [-0.4, -0.2) is 32.0 Å². The summed E-state index contributed by atoms with van der Waals surface area (Å²) in [5.74, 6) is -0.472. The Morgan fingerprint density at radius 2 is 1.91 bits per heavy atom. The lowest BCUT2D eigenvalue weighted by atomic mass is 10.0. The SMILES string of the molecule is O=C(CCN1C(=S)N[C@@H](c2ccccn2)[C@H]1c1cccn1C1CCCC1)Nc1ccc(F)cc1. The molecule has 2 fully saturated rings. The Labute approximate surface area is 204 Å². The normalized spacial score (nSPS) is 20.5. The molecule has 34 heavy (non-hydrogen) atoms. The van der Waals surface area contributed by atoms with Crippen LogP contribution >= 0.6 is 12.2 Å². The van der Waals surface area contributed by atoms with E-state index >= 15 is 0 Å². The number of halogens is 1. The Kier molecular flexibility index (Phi) is 6.58. The van der Waals surface area contributed by atoms with Gasteiger partial charge < -0.3 is 20.1 Å². The van der Waals surface area contributed by atoms with Gasteiger partial charge in [0.1, 0.15) is 5.82 Å². The van der Waals surface area contributed by atoms with Crippen molar-refractivity contribution in [1.82, 2.24) is 19.8 Å². The smallest absolute Gasteiger partial charge is 0.226 e. The lowest BCUT2D eigenvalue weighted by Gasteiger charge is -2.30. The highest BCUT2D eigenvalue weighted by atomic mass is 32.1. The largest absolute Gasteiger partial charge is 0.352 e. The molecule has 1 amide bonds. The van der Waals surface area contributed by atoms with Gasteiger partial charge in [-0.15, -0.1) is 0 Å². The molecule has 0 unspecified atom stereocenters. The number of hydrogen-bond donors (Lipinski definition) is 2. The second-order valence-corrected chi connectivity index (χ2v) is 9.29. The summed E-state index contributed by atoms with van der Waals surface area (Å²) in [6, 6.07) is 16.3. The zero-order valence-electron chi connectivity index (χ0n) is 18.9. The van der Waals surface area contributed by atoms with E-state index < -0.39 is 0 Å². The predicted molar refractivity (Wildman–Crippen MR) is 134 cm³/mol. The van der Waals surface area contributed by atoms with Crippen LogP contribution in [0.15, 0.2) is 67.0 Å². The van der Waals surface area contributed by atoms with E-state index in [1.54, 1.807) is 18.3 Å². The zero-order chi connectivity index (χ0) is 23.5. The van der Waals surface area contributed by atoms with Crippen molar-refractivity contribution in [3.63, 3.8) is 0 Å². The van der Waals surface area contributed by atoms with Crippen molar-refractivity contribution in [2.45, 2.75) is 50.2 Å². The average Bonchev–Trinajstić information content (AvgIpc) is 3.59. The molecule has 1 aromatic carbocycles. The zero-order valence-corrected chi connectivity index (χ0v) is 19.7. The van der Waals surface area contributed by atoms with E-state index in [2.05, 4.69) is 43.4 Å². The number of nitrogens with zero attached hydrogens (tertiary/aromatic N) is 3. The second-order valence-electron chi connectivity index (χ2n) is 8.90.